The van der Waals surface area contributed by atoms with Gasteiger partial charge in [0.1, 0.15) is 18.3 Å². The van der Waals surface area contributed by atoms with Gasteiger partial charge in [0.2, 0.25) is 5.91 Å². The third-order valence-corrected chi connectivity index (χ3v) is 1.64. The highest BCUT2D eigenvalue weighted by Gasteiger charge is 2.34. The fourth-order valence-electron chi connectivity index (χ4n) is 1.06. The van der Waals surface area contributed by atoms with Gasteiger partial charge in [0.05, 0.1) is 0 Å². The number of amidine groups is 1. The Morgan fingerprint density at radius 2 is 2.15 bits per heavy atom. The van der Waals surface area contributed by atoms with Crippen molar-refractivity contribution in [3.63, 3.8) is 0 Å². The number of hydrogen-bond acceptors (Lipinski definition) is 2. The number of nitrogens with one attached hydrogen (secondary N) is 1. The first kappa shape index (κ1) is 10.0. The normalized spacial score (nSPS) is 22.9. The highest BCUT2D eigenvalue weighted by molar-refractivity contribution is 6.05. The maximum Gasteiger partial charge on any atom is 0.396 e. The zero-order valence-corrected chi connectivity index (χ0v) is 6.98. The Labute approximate surface area is 73.0 Å². The number of nitrogens with zero attached hydrogens (tertiary/aromatic N) is 1. The lowest BCUT2D eigenvalue weighted by Gasteiger charge is -2.04. The molecule has 1 amide bonds. The van der Waals surface area contributed by atoms with Crippen LogP contribution in [0, 0.1) is 0 Å². The fourth-order valence-corrected chi connectivity index (χ4v) is 1.06. The van der Waals surface area contributed by atoms with Crippen LogP contribution in [-0.2, 0) is 4.79 Å². The van der Waals surface area contributed by atoms with Crippen LogP contribution >= 0.6 is 0 Å². The van der Waals surface area contributed by atoms with Crippen LogP contribution in [0.4, 0.5) is 13.2 Å². The molecule has 0 fully saturated rings. The zero-order valence-electron chi connectivity index (χ0n) is 6.98. The molecule has 0 aromatic carbocycles. The van der Waals surface area contributed by atoms with Crippen molar-refractivity contribution >= 4 is 11.7 Å². The van der Waals surface area contributed by atoms with Crippen molar-refractivity contribution in [3.8, 4) is 0 Å². The molecule has 1 atom stereocenters. The van der Waals surface area contributed by atoms with Crippen molar-refractivity contribution in [2.75, 3.05) is 0 Å². The van der Waals surface area contributed by atoms with Gasteiger partial charge in [-0.25, -0.2) is 0 Å². The molecular formula is C7H9F3N2O. The highest BCUT2D eigenvalue weighted by atomic mass is 19.4. The van der Waals surface area contributed by atoms with Crippen molar-refractivity contribution in [1.82, 2.24) is 5.32 Å². The summed E-state index contributed by atoms with van der Waals surface area (Å²) in [5.41, 5.74) is 0. The van der Waals surface area contributed by atoms with Crippen LogP contribution in [0.2, 0.25) is 0 Å². The lowest BCUT2D eigenvalue weighted by molar-refractivity contribution is -0.122. The Morgan fingerprint density at radius 3 is 2.54 bits per heavy atom. The topological polar surface area (TPSA) is 41.5 Å². The zero-order chi connectivity index (χ0) is 10.1. The van der Waals surface area contributed by atoms with Gasteiger partial charge in [0, 0.05) is 0 Å². The van der Waals surface area contributed by atoms with Crippen LogP contribution in [0.3, 0.4) is 0 Å². The van der Waals surface area contributed by atoms with Gasteiger partial charge in [-0.2, -0.15) is 13.2 Å². The molecule has 74 valence electrons. The predicted molar refractivity (Wildman–Crippen MR) is 40.3 cm³/mol. The molecule has 0 aliphatic carbocycles. The molecule has 6 heteroatoms. The van der Waals surface area contributed by atoms with E-state index in [1.54, 1.807) is 6.92 Å². The monoisotopic (exact) mass is 194 g/mol. The van der Waals surface area contributed by atoms with Crippen LogP contribution in [0.1, 0.15) is 19.8 Å². The summed E-state index contributed by atoms with van der Waals surface area (Å²) in [5, 5.41) is 2.10. The summed E-state index contributed by atoms with van der Waals surface area (Å²) in [4.78, 5) is 14.5. The Hall–Kier alpha value is -1.07. The average Bonchev–Trinajstić information content (AvgIpc) is 2.26. The van der Waals surface area contributed by atoms with Gasteiger partial charge >= 0.3 is 6.18 Å². The summed E-state index contributed by atoms with van der Waals surface area (Å²) in [6.07, 6.45) is -5.04. The first-order chi connectivity index (χ1) is 5.92. The van der Waals surface area contributed by atoms with Gasteiger partial charge in [0.25, 0.3) is 0 Å². The standard InChI is InChI=1S/C7H9F3N2O/c1-2-4-6(13)12-5(11-4)3-7(8,9)10/h4H,2-3H2,1H3,(H,11,12,13). The molecule has 1 aliphatic rings. The summed E-state index contributed by atoms with van der Waals surface area (Å²) in [5.74, 6) is -0.717. The van der Waals surface area contributed by atoms with E-state index in [9.17, 15) is 18.0 Å². The molecule has 1 N–H and O–H groups in total. The van der Waals surface area contributed by atoms with Crippen molar-refractivity contribution in [3.05, 3.63) is 0 Å². The number of halogens is 3. The van der Waals surface area contributed by atoms with Crippen LogP contribution in [0.25, 0.3) is 0 Å². The molecule has 13 heavy (non-hydrogen) atoms. The second-order valence-electron chi connectivity index (χ2n) is 2.78. The number of rotatable bonds is 2. The average molecular weight is 194 g/mol. The molecule has 3 nitrogen and oxygen atoms in total. The van der Waals surface area contributed by atoms with Crippen molar-refractivity contribution in [1.29, 1.82) is 0 Å². The van der Waals surface area contributed by atoms with Crippen LogP contribution < -0.4 is 5.32 Å². The van der Waals surface area contributed by atoms with E-state index < -0.39 is 24.5 Å². The van der Waals surface area contributed by atoms with E-state index in [1.807, 2.05) is 0 Å². The van der Waals surface area contributed by atoms with Crippen molar-refractivity contribution in [2.24, 2.45) is 4.99 Å². The van der Waals surface area contributed by atoms with Gasteiger partial charge in [-0.3, -0.25) is 9.79 Å². The molecule has 1 rings (SSSR count). The molecule has 1 heterocycles. The summed E-state index contributed by atoms with van der Waals surface area (Å²) < 4.78 is 35.5. The molecule has 1 unspecified atom stereocenters. The molecule has 0 spiro atoms. The summed E-state index contributed by atoms with van der Waals surface area (Å²) in [7, 11) is 0. The SMILES string of the molecule is CCC1N=C(CC(F)(F)F)NC1=O. The predicted octanol–water partition coefficient (Wildman–Crippen LogP) is 1.25. The van der Waals surface area contributed by atoms with E-state index >= 15 is 0 Å². The van der Waals surface area contributed by atoms with E-state index in [1.165, 1.54) is 0 Å². The number of hydrogen-bond donors (Lipinski definition) is 1. The maximum atomic E-state index is 11.8. The third-order valence-electron chi connectivity index (χ3n) is 1.64. The Balaban J connectivity index is 2.60. The fraction of sp³-hybridized carbons (Fsp3) is 0.714. The summed E-state index contributed by atoms with van der Waals surface area (Å²) in [6.45, 7) is 1.70. The Bertz CT molecular complexity index is 247. The second-order valence-corrected chi connectivity index (χ2v) is 2.78. The first-order valence-electron chi connectivity index (χ1n) is 3.86. The molecular weight excluding hydrogens is 185 g/mol. The largest absolute Gasteiger partial charge is 0.396 e. The van der Waals surface area contributed by atoms with E-state index in [-0.39, 0.29) is 5.84 Å². The van der Waals surface area contributed by atoms with E-state index in [4.69, 9.17) is 0 Å². The molecule has 0 saturated heterocycles. The van der Waals surface area contributed by atoms with Crippen LogP contribution in [0.15, 0.2) is 4.99 Å². The number of carbonyl (C=O) groups excluding carboxylic acids is 1. The number of aliphatic imine (C=N–C) groups is 1. The van der Waals surface area contributed by atoms with Crippen molar-refractivity contribution in [2.45, 2.75) is 32.0 Å². The van der Waals surface area contributed by atoms with Crippen molar-refractivity contribution < 1.29 is 18.0 Å². The number of carbonyl (C=O) groups is 1. The molecule has 0 aromatic rings. The van der Waals surface area contributed by atoms with E-state index in [2.05, 4.69) is 10.3 Å². The minimum Gasteiger partial charge on any atom is -0.312 e. The molecule has 0 aromatic heterocycles. The quantitative estimate of drug-likeness (QED) is 0.706. The highest BCUT2D eigenvalue weighted by Crippen LogP contribution is 2.21. The molecule has 0 saturated carbocycles. The van der Waals surface area contributed by atoms with Gasteiger partial charge in [-0.05, 0) is 6.42 Å². The van der Waals surface area contributed by atoms with E-state index in [0.29, 0.717) is 6.42 Å². The summed E-state index contributed by atoms with van der Waals surface area (Å²) >= 11 is 0. The molecule has 0 radical (unpaired) electrons. The van der Waals surface area contributed by atoms with Crippen LogP contribution in [0.5, 0.6) is 0 Å². The first-order valence-corrected chi connectivity index (χ1v) is 3.86. The van der Waals surface area contributed by atoms with Gasteiger partial charge in [0.15, 0.2) is 0 Å². The van der Waals surface area contributed by atoms with Gasteiger partial charge in [-0.1, -0.05) is 6.92 Å². The molecule has 0 bridgehead atoms. The summed E-state index contributed by atoms with van der Waals surface area (Å²) in [6, 6.07) is -0.641. The van der Waals surface area contributed by atoms with Gasteiger partial charge < -0.3 is 5.32 Å². The number of amides is 1. The van der Waals surface area contributed by atoms with E-state index in [0.717, 1.165) is 0 Å². The minimum atomic E-state index is -4.31. The molecule has 1 aliphatic heterocycles. The lowest BCUT2D eigenvalue weighted by Crippen LogP contribution is -2.31. The lowest BCUT2D eigenvalue weighted by atomic mass is 10.2. The maximum absolute atomic E-state index is 11.8. The van der Waals surface area contributed by atoms with Crippen LogP contribution in [-0.4, -0.2) is 24.0 Å². The minimum absolute atomic E-state index is 0.274. The van der Waals surface area contributed by atoms with Gasteiger partial charge in [-0.15, -0.1) is 0 Å². The third kappa shape index (κ3) is 2.71. The Kier molecular flexibility index (Phi) is 2.58. The Morgan fingerprint density at radius 1 is 1.54 bits per heavy atom. The smallest absolute Gasteiger partial charge is 0.312 e. The second kappa shape index (κ2) is 3.35. The number of alkyl halides is 3.